The number of benzene rings is 1. The summed E-state index contributed by atoms with van der Waals surface area (Å²) in [5.41, 5.74) is 0.339. The first-order chi connectivity index (χ1) is 9.36. The van der Waals surface area contributed by atoms with Gasteiger partial charge in [0.15, 0.2) is 0 Å². The maximum absolute atomic E-state index is 12.1. The van der Waals surface area contributed by atoms with Crippen molar-refractivity contribution in [3.8, 4) is 6.07 Å². The van der Waals surface area contributed by atoms with E-state index in [0.29, 0.717) is 18.0 Å². The molecule has 0 aliphatic carbocycles. The molecule has 0 fully saturated rings. The zero-order chi connectivity index (χ0) is 15.2. The zero-order valence-electron chi connectivity index (χ0n) is 11.7. The van der Waals surface area contributed by atoms with Crippen LogP contribution in [-0.2, 0) is 10.0 Å². The van der Waals surface area contributed by atoms with Gasteiger partial charge >= 0.3 is 0 Å². The average Bonchev–Trinajstić information content (AvgIpc) is 2.37. The van der Waals surface area contributed by atoms with E-state index in [1.807, 2.05) is 6.07 Å². The van der Waals surface area contributed by atoms with Gasteiger partial charge < -0.3 is 0 Å². The van der Waals surface area contributed by atoms with E-state index in [4.69, 9.17) is 16.9 Å². The molecule has 0 amide bonds. The fourth-order valence-electron chi connectivity index (χ4n) is 1.75. The second kappa shape index (κ2) is 7.63. The Kier molecular flexibility index (Phi) is 6.47. The van der Waals surface area contributed by atoms with E-state index < -0.39 is 10.0 Å². The van der Waals surface area contributed by atoms with Gasteiger partial charge in [0.25, 0.3) is 0 Å². The molecule has 1 aromatic carbocycles. The van der Waals surface area contributed by atoms with Crippen molar-refractivity contribution in [2.45, 2.75) is 38.0 Å². The summed E-state index contributed by atoms with van der Waals surface area (Å²) in [7, 11) is -3.61. The number of sulfonamides is 1. The fraction of sp³-hybridized carbons (Fsp3) is 0.500. The standard InChI is InChI=1S/C14H19ClN2O2S/c1-11(2)5-3-4-8-17-20(18,19)14-7-6-12(10-16)9-13(14)15/h6-7,9,11,17H,3-5,8H2,1-2H3. The van der Waals surface area contributed by atoms with E-state index in [9.17, 15) is 8.42 Å². The van der Waals surface area contributed by atoms with Crippen molar-refractivity contribution in [1.82, 2.24) is 4.72 Å². The summed E-state index contributed by atoms with van der Waals surface area (Å²) >= 11 is 5.90. The van der Waals surface area contributed by atoms with Crippen LogP contribution in [0.2, 0.25) is 5.02 Å². The third-order valence-electron chi connectivity index (χ3n) is 2.85. The van der Waals surface area contributed by atoms with Crippen LogP contribution in [0.3, 0.4) is 0 Å². The van der Waals surface area contributed by atoms with Crippen molar-refractivity contribution in [1.29, 1.82) is 5.26 Å². The van der Waals surface area contributed by atoms with E-state index in [2.05, 4.69) is 18.6 Å². The third-order valence-corrected chi connectivity index (χ3v) is 4.79. The number of hydrogen-bond acceptors (Lipinski definition) is 3. The maximum atomic E-state index is 12.1. The molecule has 20 heavy (non-hydrogen) atoms. The largest absolute Gasteiger partial charge is 0.242 e. The van der Waals surface area contributed by atoms with Gasteiger partial charge in [-0.15, -0.1) is 0 Å². The van der Waals surface area contributed by atoms with Crippen LogP contribution in [0.25, 0.3) is 0 Å². The molecule has 0 atom stereocenters. The number of nitriles is 1. The molecule has 0 bridgehead atoms. The van der Waals surface area contributed by atoms with Crippen LogP contribution in [0.4, 0.5) is 0 Å². The molecule has 0 radical (unpaired) electrons. The molecule has 0 saturated heterocycles. The normalized spacial score (nSPS) is 11.6. The van der Waals surface area contributed by atoms with Crippen molar-refractivity contribution in [2.75, 3.05) is 6.54 Å². The lowest BCUT2D eigenvalue weighted by Crippen LogP contribution is -2.25. The first kappa shape index (κ1) is 17.0. The maximum Gasteiger partial charge on any atom is 0.242 e. The van der Waals surface area contributed by atoms with E-state index in [1.54, 1.807) is 0 Å². The topological polar surface area (TPSA) is 70.0 Å². The SMILES string of the molecule is CC(C)CCCCNS(=O)(=O)c1ccc(C#N)cc1Cl. The van der Waals surface area contributed by atoms with Gasteiger partial charge in [0.1, 0.15) is 4.90 Å². The van der Waals surface area contributed by atoms with E-state index >= 15 is 0 Å². The summed E-state index contributed by atoms with van der Waals surface area (Å²) in [4.78, 5) is 0.0158. The summed E-state index contributed by atoms with van der Waals surface area (Å²) in [6.07, 6.45) is 2.87. The predicted octanol–water partition coefficient (Wildman–Crippen LogP) is 3.32. The molecule has 1 aromatic rings. The van der Waals surface area contributed by atoms with Gasteiger partial charge in [-0.25, -0.2) is 13.1 Å². The first-order valence-electron chi connectivity index (χ1n) is 6.56. The Morgan fingerprint density at radius 2 is 2.05 bits per heavy atom. The van der Waals surface area contributed by atoms with Gasteiger partial charge in [0.05, 0.1) is 16.7 Å². The lowest BCUT2D eigenvalue weighted by atomic mass is 10.1. The lowest BCUT2D eigenvalue weighted by molar-refractivity contribution is 0.530. The van der Waals surface area contributed by atoms with Crippen molar-refractivity contribution in [3.05, 3.63) is 28.8 Å². The molecule has 0 aromatic heterocycles. The molecule has 1 rings (SSSR count). The Balaban J connectivity index is 2.63. The summed E-state index contributed by atoms with van der Waals surface area (Å²) in [5, 5.41) is 8.80. The highest BCUT2D eigenvalue weighted by Crippen LogP contribution is 2.22. The zero-order valence-corrected chi connectivity index (χ0v) is 13.3. The molecule has 0 spiro atoms. The van der Waals surface area contributed by atoms with Gasteiger partial charge in [-0.3, -0.25) is 0 Å². The molecule has 0 saturated carbocycles. The van der Waals surface area contributed by atoms with Crippen molar-refractivity contribution < 1.29 is 8.42 Å². The lowest BCUT2D eigenvalue weighted by Gasteiger charge is -2.09. The van der Waals surface area contributed by atoms with E-state index in [1.165, 1.54) is 18.2 Å². The quantitative estimate of drug-likeness (QED) is 0.785. The van der Waals surface area contributed by atoms with Crippen LogP contribution < -0.4 is 4.72 Å². The second-order valence-corrected chi connectivity index (χ2v) is 7.19. The van der Waals surface area contributed by atoms with Crippen LogP contribution in [0.15, 0.2) is 23.1 Å². The summed E-state index contributed by atoms with van der Waals surface area (Å²) in [6, 6.07) is 6.08. The minimum absolute atomic E-state index is 0.0158. The van der Waals surface area contributed by atoms with Gasteiger partial charge in [-0.2, -0.15) is 5.26 Å². The number of nitrogens with zero attached hydrogens (tertiary/aromatic N) is 1. The number of halogens is 1. The Hall–Kier alpha value is -1.09. The Labute approximate surface area is 125 Å². The molecule has 0 heterocycles. The molecular weight excluding hydrogens is 296 g/mol. The van der Waals surface area contributed by atoms with E-state index in [-0.39, 0.29) is 9.92 Å². The molecule has 0 aliphatic rings. The number of unbranched alkanes of at least 4 members (excludes halogenated alkanes) is 1. The van der Waals surface area contributed by atoms with Crippen LogP contribution in [-0.4, -0.2) is 15.0 Å². The second-order valence-electron chi connectivity index (χ2n) is 5.04. The Bertz CT molecular complexity index is 592. The molecular formula is C14H19ClN2O2S. The number of hydrogen-bond donors (Lipinski definition) is 1. The van der Waals surface area contributed by atoms with Gasteiger partial charge in [-0.05, 0) is 30.5 Å². The summed E-state index contributed by atoms with van der Waals surface area (Å²) < 4.78 is 26.7. The van der Waals surface area contributed by atoms with Gasteiger partial charge in [-0.1, -0.05) is 38.3 Å². The predicted molar refractivity (Wildman–Crippen MR) is 80.0 cm³/mol. The van der Waals surface area contributed by atoms with E-state index in [0.717, 1.165) is 19.3 Å². The molecule has 4 nitrogen and oxygen atoms in total. The number of nitrogens with one attached hydrogen (secondary N) is 1. The minimum atomic E-state index is -3.61. The van der Waals surface area contributed by atoms with Crippen molar-refractivity contribution in [3.63, 3.8) is 0 Å². The van der Waals surface area contributed by atoms with Crippen LogP contribution in [0, 0.1) is 17.2 Å². The van der Waals surface area contributed by atoms with Gasteiger partial charge in [0.2, 0.25) is 10.0 Å². The highest BCUT2D eigenvalue weighted by molar-refractivity contribution is 7.89. The van der Waals surface area contributed by atoms with Crippen LogP contribution in [0.1, 0.15) is 38.7 Å². The third kappa shape index (κ3) is 5.12. The van der Waals surface area contributed by atoms with Crippen molar-refractivity contribution >= 4 is 21.6 Å². The smallest absolute Gasteiger partial charge is 0.211 e. The monoisotopic (exact) mass is 314 g/mol. The summed E-state index contributed by atoms with van der Waals surface area (Å²) in [6.45, 7) is 4.67. The Morgan fingerprint density at radius 3 is 2.60 bits per heavy atom. The first-order valence-corrected chi connectivity index (χ1v) is 8.42. The van der Waals surface area contributed by atoms with Crippen LogP contribution >= 0.6 is 11.6 Å². The molecule has 1 N–H and O–H groups in total. The van der Waals surface area contributed by atoms with Crippen LogP contribution in [0.5, 0.6) is 0 Å². The fourth-order valence-corrected chi connectivity index (χ4v) is 3.37. The highest BCUT2D eigenvalue weighted by atomic mass is 35.5. The minimum Gasteiger partial charge on any atom is -0.211 e. The highest BCUT2D eigenvalue weighted by Gasteiger charge is 2.17. The summed E-state index contributed by atoms with van der Waals surface area (Å²) in [5.74, 6) is 0.625. The van der Waals surface area contributed by atoms with Gasteiger partial charge in [0, 0.05) is 6.54 Å². The Morgan fingerprint density at radius 1 is 1.35 bits per heavy atom. The number of rotatable bonds is 7. The molecule has 0 unspecified atom stereocenters. The van der Waals surface area contributed by atoms with Crippen molar-refractivity contribution in [2.24, 2.45) is 5.92 Å². The molecule has 0 aliphatic heterocycles. The molecule has 6 heteroatoms. The molecule has 110 valence electrons. The average molecular weight is 315 g/mol.